The number of hydrogen-bond acceptors (Lipinski definition) is 3. The molecule has 0 radical (unpaired) electrons. The van der Waals surface area contributed by atoms with Crippen LogP contribution in [-0.4, -0.2) is 31.7 Å². The first kappa shape index (κ1) is 12.1. The van der Waals surface area contributed by atoms with Gasteiger partial charge in [-0.25, -0.2) is 0 Å². The van der Waals surface area contributed by atoms with Gasteiger partial charge in [0.05, 0.1) is 0 Å². The van der Waals surface area contributed by atoms with Crippen molar-refractivity contribution in [2.45, 2.75) is 51.4 Å². The second kappa shape index (κ2) is 4.70. The van der Waals surface area contributed by atoms with Crippen molar-refractivity contribution >= 4 is 0 Å². The largest absolute Gasteiger partial charge is 0.314 e. The zero-order valence-corrected chi connectivity index (χ0v) is 11.9. The van der Waals surface area contributed by atoms with Gasteiger partial charge in [-0.3, -0.25) is 4.90 Å². The first-order chi connectivity index (χ1) is 9.81. The van der Waals surface area contributed by atoms with Crippen molar-refractivity contribution in [1.82, 2.24) is 19.7 Å². The summed E-state index contributed by atoms with van der Waals surface area (Å²) in [6, 6.07) is 12.1. The fraction of sp³-hybridized carbons (Fsp3) is 0.500. The van der Waals surface area contributed by atoms with E-state index in [1.807, 2.05) is 0 Å². The molecule has 3 heterocycles. The van der Waals surface area contributed by atoms with Crippen LogP contribution in [0.5, 0.6) is 0 Å². The minimum absolute atomic E-state index is 0.630. The summed E-state index contributed by atoms with van der Waals surface area (Å²) in [5, 5.41) is 8.60. The smallest absolute Gasteiger partial charge is 0.134 e. The topological polar surface area (TPSA) is 34.0 Å². The summed E-state index contributed by atoms with van der Waals surface area (Å²) >= 11 is 0. The van der Waals surface area contributed by atoms with Crippen LogP contribution in [0.25, 0.3) is 0 Å². The highest BCUT2D eigenvalue weighted by molar-refractivity contribution is 5.16. The molecular formula is C16H20N4. The van der Waals surface area contributed by atoms with Crippen LogP contribution in [0.1, 0.15) is 30.1 Å². The standard InChI is InChI=1S/C16H20N4/c1-12-17-18-16-9-14-7-8-15(11-19(12)16)20(14)10-13-5-3-2-4-6-13/h2-6,14-15H,7-11H2,1H3. The van der Waals surface area contributed by atoms with Gasteiger partial charge in [-0.2, -0.15) is 0 Å². The van der Waals surface area contributed by atoms with Crippen LogP contribution in [0.4, 0.5) is 0 Å². The highest BCUT2D eigenvalue weighted by Gasteiger charge is 2.37. The molecule has 1 saturated heterocycles. The Balaban J connectivity index is 1.61. The molecule has 0 spiro atoms. The van der Waals surface area contributed by atoms with Crippen LogP contribution >= 0.6 is 0 Å². The van der Waals surface area contributed by atoms with Crippen LogP contribution in [-0.2, 0) is 19.5 Å². The quantitative estimate of drug-likeness (QED) is 0.837. The molecular weight excluding hydrogens is 248 g/mol. The predicted molar refractivity (Wildman–Crippen MR) is 77.3 cm³/mol. The lowest BCUT2D eigenvalue weighted by Crippen LogP contribution is -2.36. The fourth-order valence-electron chi connectivity index (χ4n) is 3.72. The molecule has 0 amide bonds. The summed E-state index contributed by atoms with van der Waals surface area (Å²) in [4.78, 5) is 2.68. The van der Waals surface area contributed by atoms with Gasteiger partial charge in [0.2, 0.25) is 0 Å². The monoisotopic (exact) mass is 268 g/mol. The van der Waals surface area contributed by atoms with Crippen molar-refractivity contribution in [2.24, 2.45) is 0 Å². The summed E-state index contributed by atoms with van der Waals surface area (Å²) in [5.41, 5.74) is 1.42. The van der Waals surface area contributed by atoms with E-state index in [9.17, 15) is 0 Å². The molecule has 104 valence electrons. The van der Waals surface area contributed by atoms with E-state index in [0.717, 1.165) is 25.3 Å². The molecule has 2 aliphatic rings. The SMILES string of the molecule is Cc1nnc2n1CC1CCC(C2)N1Cc1ccccc1. The normalized spacial score (nSPS) is 25.4. The first-order valence-electron chi connectivity index (χ1n) is 7.49. The third kappa shape index (κ3) is 1.95. The average Bonchev–Trinajstić information content (AvgIpc) is 2.92. The molecule has 1 aromatic heterocycles. The zero-order valence-electron chi connectivity index (χ0n) is 11.9. The molecule has 2 unspecified atom stereocenters. The van der Waals surface area contributed by atoms with Gasteiger partial charge in [0.1, 0.15) is 11.6 Å². The molecule has 2 bridgehead atoms. The van der Waals surface area contributed by atoms with Crippen molar-refractivity contribution in [2.75, 3.05) is 0 Å². The average molecular weight is 268 g/mol. The molecule has 1 fully saturated rings. The molecule has 2 aromatic rings. The summed E-state index contributed by atoms with van der Waals surface area (Å²) in [6.45, 7) is 4.18. The Hall–Kier alpha value is -1.68. The summed E-state index contributed by atoms with van der Waals surface area (Å²) < 4.78 is 2.32. The maximum atomic E-state index is 4.36. The molecule has 0 saturated carbocycles. The Morgan fingerprint density at radius 3 is 2.75 bits per heavy atom. The summed E-state index contributed by atoms with van der Waals surface area (Å²) in [5.74, 6) is 2.24. The maximum absolute atomic E-state index is 4.36. The van der Waals surface area contributed by atoms with Crippen LogP contribution < -0.4 is 0 Å². The van der Waals surface area contributed by atoms with Crippen LogP contribution in [0.15, 0.2) is 30.3 Å². The van der Waals surface area contributed by atoms with E-state index in [1.165, 1.54) is 24.2 Å². The minimum atomic E-state index is 0.630. The number of fused-ring (bicyclic) bond motifs is 3. The van der Waals surface area contributed by atoms with Gasteiger partial charge in [0, 0.05) is 31.6 Å². The molecule has 4 rings (SSSR count). The van der Waals surface area contributed by atoms with E-state index in [0.29, 0.717) is 12.1 Å². The Morgan fingerprint density at radius 1 is 1.10 bits per heavy atom. The minimum Gasteiger partial charge on any atom is -0.314 e. The lowest BCUT2D eigenvalue weighted by atomic mass is 10.1. The van der Waals surface area contributed by atoms with Gasteiger partial charge >= 0.3 is 0 Å². The molecule has 2 atom stereocenters. The Kier molecular flexibility index (Phi) is 2.84. The van der Waals surface area contributed by atoms with Crippen molar-refractivity contribution < 1.29 is 0 Å². The first-order valence-corrected chi connectivity index (χ1v) is 7.49. The number of aryl methyl sites for hydroxylation is 1. The van der Waals surface area contributed by atoms with E-state index in [2.05, 4.69) is 56.9 Å². The molecule has 0 aliphatic carbocycles. The second-order valence-electron chi connectivity index (χ2n) is 6.02. The van der Waals surface area contributed by atoms with Gasteiger partial charge in [-0.15, -0.1) is 10.2 Å². The summed E-state index contributed by atoms with van der Waals surface area (Å²) in [7, 11) is 0. The lowest BCUT2D eigenvalue weighted by molar-refractivity contribution is 0.180. The van der Waals surface area contributed by atoms with E-state index in [4.69, 9.17) is 0 Å². The van der Waals surface area contributed by atoms with Crippen molar-refractivity contribution in [1.29, 1.82) is 0 Å². The number of hydrogen-bond donors (Lipinski definition) is 0. The highest BCUT2D eigenvalue weighted by Crippen LogP contribution is 2.32. The Morgan fingerprint density at radius 2 is 1.90 bits per heavy atom. The molecule has 0 N–H and O–H groups in total. The lowest BCUT2D eigenvalue weighted by Gasteiger charge is -2.27. The van der Waals surface area contributed by atoms with Gasteiger partial charge in [0.25, 0.3) is 0 Å². The zero-order chi connectivity index (χ0) is 13.5. The van der Waals surface area contributed by atoms with E-state index in [1.54, 1.807) is 0 Å². The van der Waals surface area contributed by atoms with E-state index in [-0.39, 0.29) is 0 Å². The second-order valence-corrected chi connectivity index (χ2v) is 6.02. The third-order valence-corrected chi connectivity index (χ3v) is 4.80. The maximum Gasteiger partial charge on any atom is 0.134 e. The van der Waals surface area contributed by atoms with Crippen LogP contribution in [0.2, 0.25) is 0 Å². The Bertz CT molecular complexity index is 604. The summed E-state index contributed by atoms with van der Waals surface area (Å²) in [6.07, 6.45) is 3.64. The van der Waals surface area contributed by atoms with Crippen LogP contribution in [0.3, 0.4) is 0 Å². The molecule has 4 heteroatoms. The third-order valence-electron chi connectivity index (χ3n) is 4.80. The van der Waals surface area contributed by atoms with Gasteiger partial charge < -0.3 is 4.57 Å². The van der Waals surface area contributed by atoms with Gasteiger partial charge in [0.15, 0.2) is 0 Å². The Labute approximate surface area is 119 Å². The van der Waals surface area contributed by atoms with Crippen molar-refractivity contribution in [3.05, 3.63) is 47.5 Å². The number of nitrogens with zero attached hydrogens (tertiary/aromatic N) is 4. The van der Waals surface area contributed by atoms with Crippen molar-refractivity contribution in [3.8, 4) is 0 Å². The molecule has 2 aliphatic heterocycles. The number of aromatic nitrogens is 3. The van der Waals surface area contributed by atoms with Crippen LogP contribution in [0, 0.1) is 6.92 Å². The number of rotatable bonds is 2. The highest BCUT2D eigenvalue weighted by atomic mass is 15.3. The van der Waals surface area contributed by atoms with Gasteiger partial charge in [-0.1, -0.05) is 30.3 Å². The van der Waals surface area contributed by atoms with E-state index >= 15 is 0 Å². The van der Waals surface area contributed by atoms with Crippen molar-refractivity contribution in [3.63, 3.8) is 0 Å². The van der Waals surface area contributed by atoms with Gasteiger partial charge in [-0.05, 0) is 25.3 Å². The van der Waals surface area contributed by atoms with E-state index < -0.39 is 0 Å². The number of benzene rings is 1. The fourth-order valence-corrected chi connectivity index (χ4v) is 3.72. The molecule has 1 aromatic carbocycles. The molecule has 4 nitrogen and oxygen atoms in total. The predicted octanol–water partition coefficient (Wildman–Crippen LogP) is 2.18. The molecule has 20 heavy (non-hydrogen) atoms.